The Morgan fingerprint density at radius 3 is 2.44 bits per heavy atom. The molecule has 0 aliphatic heterocycles. The van der Waals surface area contributed by atoms with E-state index in [1.165, 1.54) is 0 Å². The quantitative estimate of drug-likeness (QED) is 0.623. The van der Waals surface area contributed by atoms with Crippen molar-refractivity contribution in [1.29, 1.82) is 0 Å². The predicted molar refractivity (Wildman–Crippen MR) is 71.8 cm³/mol. The van der Waals surface area contributed by atoms with E-state index < -0.39 is 0 Å². The highest BCUT2D eigenvalue weighted by molar-refractivity contribution is 5.91. The van der Waals surface area contributed by atoms with Gasteiger partial charge in [-0.3, -0.25) is 0 Å². The summed E-state index contributed by atoms with van der Waals surface area (Å²) in [7, 11) is 0. The van der Waals surface area contributed by atoms with E-state index in [0.29, 0.717) is 23.6 Å². The average Bonchev–Trinajstić information content (AvgIpc) is 2.38. The first-order chi connectivity index (χ1) is 8.62. The number of carbonyl (C=O) groups excluding carboxylic acids is 1. The first-order valence-corrected chi connectivity index (χ1v) is 6.35. The van der Waals surface area contributed by atoms with Crippen molar-refractivity contribution in [3.8, 4) is 5.75 Å². The summed E-state index contributed by atoms with van der Waals surface area (Å²) in [6.45, 7) is 6.42. The van der Waals surface area contributed by atoms with Crippen LogP contribution in [0.2, 0.25) is 0 Å². The number of rotatable bonds is 6. The first kappa shape index (κ1) is 14.4. The van der Waals surface area contributed by atoms with E-state index in [1.807, 2.05) is 20.8 Å². The fraction of sp³-hybridized carbons (Fsp3) is 0.500. The first-order valence-electron chi connectivity index (χ1n) is 6.35. The van der Waals surface area contributed by atoms with Crippen molar-refractivity contribution in [2.75, 3.05) is 12.3 Å². The van der Waals surface area contributed by atoms with Crippen LogP contribution in [0.5, 0.6) is 5.75 Å². The highest BCUT2D eigenvalue weighted by Crippen LogP contribution is 2.23. The van der Waals surface area contributed by atoms with Crippen molar-refractivity contribution in [1.82, 2.24) is 0 Å². The number of ether oxygens (including phenoxy) is 2. The largest absolute Gasteiger partial charge is 0.492 e. The number of nitrogens with two attached hydrogens (primary N) is 1. The van der Waals surface area contributed by atoms with Crippen molar-refractivity contribution in [3.63, 3.8) is 0 Å². The minimum Gasteiger partial charge on any atom is -0.492 e. The summed E-state index contributed by atoms with van der Waals surface area (Å²) in [5.74, 6) is 0.259. The van der Waals surface area contributed by atoms with Crippen molar-refractivity contribution in [2.24, 2.45) is 0 Å². The Morgan fingerprint density at radius 2 is 1.94 bits per heavy atom. The van der Waals surface area contributed by atoms with Crippen LogP contribution in [0.4, 0.5) is 5.69 Å². The molecule has 4 heteroatoms. The molecule has 4 nitrogen and oxygen atoms in total. The lowest BCUT2D eigenvalue weighted by Gasteiger charge is -2.14. The summed E-state index contributed by atoms with van der Waals surface area (Å²) in [6.07, 6.45) is 1.59. The Labute approximate surface area is 108 Å². The molecule has 1 aromatic carbocycles. The fourth-order valence-electron chi connectivity index (χ4n) is 1.64. The van der Waals surface area contributed by atoms with Gasteiger partial charge < -0.3 is 15.2 Å². The van der Waals surface area contributed by atoms with Crippen molar-refractivity contribution in [3.05, 3.63) is 23.8 Å². The number of benzene rings is 1. The van der Waals surface area contributed by atoms with E-state index in [0.717, 1.165) is 12.8 Å². The number of esters is 1. The molecule has 100 valence electrons. The molecular formula is C14H21NO3. The third-order valence-corrected chi connectivity index (χ3v) is 2.73. The zero-order valence-corrected chi connectivity index (χ0v) is 11.2. The zero-order valence-electron chi connectivity index (χ0n) is 11.2. The molecule has 0 aliphatic carbocycles. The smallest absolute Gasteiger partial charge is 0.338 e. The van der Waals surface area contributed by atoms with Crippen LogP contribution in [0, 0.1) is 0 Å². The fourth-order valence-corrected chi connectivity index (χ4v) is 1.64. The predicted octanol–water partition coefficient (Wildman–Crippen LogP) is 3.01. The van der Waals surface area contributed by atoms with Crippen LogP contribution in [-0.2, 0) is 4.74 Å². The maximum atomic E-state index is 11.9. The van der Waals surface area contributed by atoms with Gasteiger partial charge >= 0.3 is 5.97 Å². The molecule has 0 amide bonds. The molecular weight excluding hydrogens is 230 g/mol. The second-order valence-corrected chi connectivity index (χ2v) is 4.03. The van der Waals surface area contributed by atoms with E-state index in [9.17, 15) is 4.79 Å². The lowest BCUT2D eigenvalue weighted by molar-refractivity contribution is 0.0284. The molecule has 0 radical (unpaired) electrons. The number of hydrogen-bond donors (Lipinski definition) is 1. The van der Waals surface area contributed by atoms with E-state index in [2.05, 4.69) is 0 Å². The van der Waals surface area contributed by atoms with E-state index in [4.69, 9.17) is 15.2 Å². The van der Waals surface area contributed by atoms with Crippen LogP contribution in [0.15, 0.2) is 18.2 Å². The summed E-state index contributed by atoms with van der Waals surface area (Å²) >= 11 is 0. The lowest BCUT2D eigenvalue weighted by atomic mass is 10.1. The van der Waals surface area contributed by atoms with Crippen LogP contribution < -0.4 is 10.5 Å². The van der Waals surface area contributed by atoms with Gasteiger partial charge in [0.25, 0.3) is 0 Å². The van der Waals surface area contributed by atoms with Gasteiger partial charge in [-0.1, -0.05) is 13.8 Å². The van der Waals surface area contributed by atoms with Crippen LogP contribution >= 0.6 is 0 Å². The zero-order chi connectivity index (χ0) is 13.5. The molecule has 0 unspecified atom stereocenters. The minimum atomic E-state index is -0.335. The Balaban J connectivity index is 2.78. The molecule has 0 aliphatic rings. The lowest BCUT2D eigenvalue weighted by Crippen LogP contribution is -2.16. The number of anilines is 1. The standard InChI is InChI=1S/C14H21NO3/c1-4-11(5-2)18-14(16)10-7-8-13(17-6-3)12(15)9-10/h7-9,11H,4-6,15H2,1-3H3. The van der Waals surface area contributed by atoms with Crippen LogP contribution in [-0.4, -0.2) is 18.7 Å². The highest BCUT2D eigenvalue weighted by atomic mass is 16.5. The van der Waals surface area contributed by atoms with Crippen molar-refractivity contribution < 1.29 is 14.3 Å². The molecule has 0 atom stereocenters. The van der Waals surface area contributed by atoms with Gasteiger partial charge in [-0.15, -0.1) is 0 Å². The molecule has 0 saturated carbocycles. The monoisotopic (exact) mass is 251 g/mol. The molecule has 0 spiro atoms. The second kappa shape index (κ2) is 6.89. The van der Waals surface area contributed by atoms with Gasteiger partial charge in [-0.2, -0.15) is 0 Å². The normalized spacial score (nSPS) is 10.4. The maximum Gasteiger partial charge on any atom is 0.338 e. The van der Waals surface area contributed by atoms with Crippen molar-refractivity contribution in [2.45, 2.75) is 39.7 Å². The van der Waals surface area contributed by atoms with Crippen LogP contribution in [0.1, 0.15) is 44.0 Å². The number of carbonyl (C=O) groups is 1. The third-order valence-electron chi connectivity index (χ3n) is 2.73. The van der Waals surface area contributed by atoms with Crippen molar-refractivity contribution >= 4 is 11.7 Å². The third kappa shape index (κ3) is 3.65. The molecule has 0 fully saturated rings. The van der Waals surface area contributed by atoms with Gasteiger partial charge in [-0.25, -0.2) is 4.79 Å². The second-order valence-electron chi connectivity index (χ2n) is 4.03. The van der Waals surface area contributed by atoms with E-state index >= 15 is 0 Å². The van der Waals surface area contributed by atoms with E-state index in [-0.39, 0.29) is 12.1 Å². The summed E-state index contributed by atoms with van der Waals surface area (Å²) in [6, 6.07) is 4.96. The Morgan fingerprint density at radius 1 is 1.28 bits per heavy atom. The Bertz CT molecular complexity index is 400. The number of hydrogen-bond acceptors (Lipinski definition) is 4. The van der Waals surface area contributed by atoms with Gasteiger partial charge in [0.2, 0.25) is 0 Å². The van der Waals surface area contributed by atoms with Gasteiger partial charge in [0.15, 0.2) is 0 Å². The molecule has 1 rings (SSSR count). The molecule has 0 bridgehead atoms. The molecule has 0 heterocycles. The van der Waals surface area contributed by atoms with Gasteiger partial charge in [0.05, 0.1) is 17.9 Å². The van der Waals surface area contributed by atoms with Gasteiger partial charge in [0.1, 0.15) is 11.9 Å². The van der Waals surface area contributed by atoms with Crippen LogP contribution in [0.25, 0.3) is 0 Å². The molecule has 18 heavy (non-hydrogen) atoms. The number of nitrogen functional groups attached to an aromatic ring is 1. The van der Waals surface area contributed by atoms with Gasteiger partial charge in [0, 0.05) is 0 Å². The van der Waals surface area contributed by atoms with E-state index in [1.54, 1.807) is 18.2 Å². The van der Waals surface area contributed by atoms with Gasteiger partial charge in [-0.05, 0) is 38.0 Å². The van der Waals surface area contributed by atoms with Crippen LogP contribution in [0.3, 0.4) is 0 Å². The highest BCUT2D eigenvalue weighted by Gasteiger charge is 2.14. The maximum absolute atomic E-state index is 11.9. The molecule has 0 saturated heterocycles. The SMILES string of the molecule is CCOc1ccc(C(=O)OC(CC)CC)cc1N. The molecule has 2 N–H and O–H groups in total. The summed E-state index contributed by atoms with van der Waals surface area (Å²) in [5, 5.41) is 0. The topological polar surface area (TPSA) is 61.5 Å². The summed E-state index contributed by atoms with van der Waals surface area (Å²) in [5.41, 5.74) is 6.72. The summed E-state index contributed by atoms with van der Waals surface area (Å²) in [4.78, 5) is 11.9. The molecule has 0 aromatic heterocycles. The molecule has 1 aromatic rings. The average molecular weight is 251 g/mol. The Kier molecular flexibility index (Phi) is 5.49. The minimum absolute atomic E-state index is 0.0368. The summed E-state index contributed by atoms with van der Waals surface area (Å²) < 4.78 is 10.7. The Hall–Kier alpha value is -1.71.